The number of amides is 3. The summed E-state index contributed by atoms with van der Waals surface area (Å²) in [5.74, 6) is 0.161. The van der Waals surface area contributed by atoms with E-state index in [-0.39, 0.29) is 5.82 Å². The quantitative estimate of drug-likeness (QED) is 0.188. The van der Waals surface area contributed by atoms with E-state index >= 15 is 0 Å². The van der Waals surface area contributed by atoms with Crippen LogP contribution in [0.2, 0.25) is 0 Å². The van der Waals surface area contributed by atoms with Gasteiger partial charge in [0, 0.05) is 17.9 Å². The zero-order chi connectivity index (χ0) is 33.9. The molecule has 0 aromatic heterocycles. The van der Waals surface area contributed by atoms with Gasteiger partial charge in [0.1, 0.15) is 11.9 Å². The molecule has 2 atom stereocenters. The number of hydrogen-bond donors (Lipinski definition) is 2. The van der Waals surface area contributed by atoms with Crippen LogP contribution in [0, 0.1) is 34.4 Å². The highest BCUT2D eigenvalue weighted by Crippen LogP contribution is 2.27. The number of primary amides is 1. The fraction of sp³-hybridized carbons (Fsp3) is 0.263. The molecular weight excluding hydrogens is 607 g/mol. The van der Waals surface area contributed by atoms with Crippen LogP contribution in [-0.2, 0) is 17.6 Å². The Balaban J connectivity index is 1.43. The summed E-state index contributed by atoms with van der Waals surface area (Å²) in [6.45, 7) is 1.78. The number of hydrogen-bond acceptors (Lipinski definition) is 6. The molecule has 3 amide bonds. The largest absolute Gasteiger partial charge is 0.442 e. The standard InChI is InChI=1S/C38H37FN6O3/c39-32-14-12-28(13-15-32)20-29-16-18-44(19-17-29)26-36(48-38(47)43-33-10-4-8-30(21-33)24-40)35(23-27-6-2-1-3-7-27)45(37(42)46)34-11-5-9-31(22-34)25-41/h1-15,21-22,29,35-36H,16-20,23,26H2,(H2,42,46)(H,43,47)/t35-,36-/m1/s1. The van der Waals surface area contributed by atoms with Crippen LogP contribution < -0.4 is 16.0 Å². The summed E-state index contributed by atoms with van der Waals surface area (Å²) in [6, 6.07) is 32.0. The zero-order valence-electron chi connectivity index (χ0n) is 26.5. The van der Waals surface area contributed by atoms with E-state index in [1.807, 2.05) is 42.5 Å². The van der Waals surface area contributed by atoms with Crippen molar-refractivity contribution in [1.82, 2.24) is 4.90 Å². The van der Waals surface area contributed by atoms with Gasteiger partial charge in [-0.05, 0) is 104 Å². The van der Waals surface area contributed by atoms with Gasteiger partial charge in [-0.1, -0.05) is 54.6 Å². The Morgan fingerprint density at radius 2 is 1.56 bits per heavy atom. The van der Waals surface area contributed by atoms with Crippen molar-refractivity contribution < 1.29 is 18.7 Å². The van der Waals surface area contributed by atoms with Gasteiger partial charge in [-0.2, -0.15) is 10.5 Å². The second-order valence-corrected chi connectivity index (χ2v) is 12.0. The Kier molecular flexibility index (Phi) is 11.4. The molecule has 1 fully saturated rings. The van der Waals surface area contributed by atoms with E-state index in [0.29, 0.717) is 41.4 Å². The lowest BCUT2D eigenvalue weighted by atomic mass is 9.89. The number of anilines is 2. The van der Waals surface area contributed by atoms with E-state index < -0.39 is 24.3 Å². The van der Waals surface area contributed by atoms with Crippen LogP contribution in [0.5, 0.6) is 0 Å². The van der Waals surface area contributed by atoms with Crippen molar-refractivity contribution in [3.63, 3.8) is 0 Å². The van der Waals surface area contributed by atoms with Gasteiger partial charge in [0.15, 0.2) is 0 Å². The van der Waals surface area contributed by atoms with Gasteiger partial charge < -0.3 is 10.5 Å². The van der Waals surface area contributed by atoms with Crippen LogP contribution in [0.4, 0.5) is 25.4 Å². The summed E-state index contributed by atoms with van der Waals surface area (Å²) in [6.07, 6.45) is 1.35. The Morgan fingerprint density at radius 3 is 2.23 bits per heavy atom. The SMILES string of the molecule is N#Cc1cccc(NC(=O)O[C@H](CN2CCC(Cc3ccc(F)cc3)CC2)[C@@H](Cc2ccccc2)N(C(N)=O)c2cccc(C#N)c2)c1. The van der Waals surface area contributed by atoms with Gasteiger partial charge in [0.05, 0.1) is 29.3 Å². The number of halogens is 1. The van der Waals surface area contributed by atoms with E-state index in [1.165, 1.54) is 17.0 Å². The van der Waals surface area contributed by atoms with Crippen LogP contribution in [0.15, 0.2) is 103 Å². The number of nitriles is 2. The maximum Gasteiger partial charge on any atom is 0.412 e. The Morgan fingerprint density at radius 1 is 0.896 bits per heavy atom. The number of piperidine rings is 1. The van der Waals surface area contributed by atoms with Crippen molar-refractivity contribution in [2.45, 2.75) is 37.8 Å². The third-order valence-corrected chi connectivity index (χ3v) is 8.62. The number of ether oxygens (including phenoxy) is 1. The topological polar surface area (TPSA) is 135 Å². The molecule has 48 heavy (non-hydrogen) atoms. The third-order valence-electron chi connectivity index (χ3n) is 8.62. The predicted molar refractivity (Wildman–Crippen MR) is 181 cm³/mol. The van der Waals surface area contributed by atoms with E-state index in [0.717, 1.165) is 43.5 Å². The first-order valence-electron chi connectivity index (χ1n) is 15.9. The molecule has 3 N–H and O–H groups in total. The van der Waals surface area contributed by atoms with Crippen molar-refractivity contribution in [2.24, 2.45) is 11.7 Å². The van der Waals surface area contributed by atoms with Crippen molar-refractivity contribution >= 4 is 23.5 Å². The van der Waals surface area contributed by atoms with Crippen LogP contribution in [0.25, 0.3) is 0 Å². The molecule has 0 unspecified atom stereocenters. The van der Waals surface area contributed by atoms with E-state index in [9.17, 15) is 24.5 Å². The van der Waals surface area contributed by atoms with Crippen molar-refractivity contribution in [1.29, 1.82) is 10.5 Å². The molecule has 4 aromatic carbocycles. The molecule has 1 heterocycles. The predicted octanol–water partition coefficient (Wildman–Crippen LogP) is 6.64. The second-order valence-electron chi connectivity index (χ2n) is 12.0. The molecule has 5 rings (SSSR count). The summed E-state index contributed by atoms with van der Waals surface area (Å²) in [5, 5.41) is 21.7. The molecule has 4 aromatic rings. The molecule has 10 heteroatoms. The average molecular weight is 645 g/mol. The highest BCUT2D eigenvalue weighted by atomic mass is 19.1. The number of nitrogens with zero attached hydrogens (tertiary/aromatic N) is 4. The number of rotatable bonds is 11. The van der Waals surface area contributed by atoms with Gasteiger partial charge in [-0.25, -0.2) is 14.0 Å². The summed E-state index contributed by atoms with van der Waals surface area (Å²) in [5.41, 5.74) is 9.59. The highest BCUT2D eigenvalue weighted by Gasteiger charge is 2.36. The lowest BCUT2D eigenvalue weighted by molar-refractivity contribution is 0.0519. The molecule has 0 bridgehead atoms. The summed E-state index contributed by atoms with van der Waals surface area (Å²) >= 11 is 0. The molecule has 1 saturated heterocycles. The lowest BCUT2D eigenvalue weighted by Crippen LogP contribution is -2.56. The molecule has 1 aliphatic heterocycles. The lowest BCUT2D eigenvalue weighted by Gasteiger charge is -2.40. The molecular formula is C38H37FN6O3. The summed E-state index contributed by atoms with van der Waals surface area (Å²) in [7, 11) is 0. The normalized spacial score (nSPS) is 14.6. The third kappa shape index (κ3) is 9.18. The molecule has 0 radical (unpaired) electrons. The smallest absolute Gasteiger partial charge is 0.412 e. The van der Waals surface area contributed by atoms with Gasteiger partial charge in [-0.15, -0.1) is 0 Å². The zero-order valence-corrected chi connectivity index (χ0v) is 26.5. The van der Waals surface area contributed by atoms with Crippen molar-refractivity contribution in [3.05, 3.63) is 131 Å². The van der Waals surface area contributed by atoms with E-state index in [4.69, 9.17) is 10.5 Å². The number of carbonyl (C=O) groups excluding carboxylic acids is 2. The Hall–Kier alpha value is -5.71. The molecule has 0 saturated carbocycles. The minimum Gasteiger partial charge on any atom is -0.442 e. The summed E-state index contributed by atoms with van der Waals surface area (Å²) in [4.78, 5) is 30.4. The van der Waals surface area contributed by atoms with Crippen molar-refractivity contribution in [3.8, 4) is 12.1 Å². The van der Waals surface area contributed by atoms with Crippen molar-refractivity contribution in [2.75, 3.05) is 29.9 Å². The van der Waals surface area contributed by atoms with Gasteiger partial charge in [0.25, 0.3) is 0 Å². The number of carbonyl (C=O) groups is 2. The fourth-order valence-electron chi connectivity index (χ4n) is 6.22. The Labute approximate surface area is 280 Å². The van der Waals surface area contributed by atoms with Crippen LogP contribution in [-0.4, -0.2) is 48.8 Å². The Bertz CT molecular complexity index is 1780. The van der Waals surface area contributed by atoms with Crippen LogP contribution in [0.1, 0.15) is 35.1 Å². The number of urea groups is 1. The summed E-state index contributed by atoms with van der Waals surface area (Å²) < 4.78 is 19.6. The van der Waals surface area contributed by atoms with Gasteiger partial charge in [0.2, 0.25) is 0 Å². The van der Waals surface area contributed by atoms with Gasteiger partial charge in [-0.3, -0.25) is 15.1 Å². The first-order valence-corrected chi connectivity index (χ1v) is 15.9. The molecule has 0 aliphatic carbocycles. The fourth-order valence-corrected chi connectivity index (χ4v) is 6.22. The monoisotopic (exact) mass is 644 g/mol. The first kappa shape index (κ1) is 33.6. The molecule has 1 aliphatic rings. The maximum atomic E-state index is 13.5. The van der Waals surface area contributed by atoms with Crippen LogP contribution >= 0.6 is 0 Å². The molecule has 0 spiro atoms. The minimum atomic E-state index is -0.851. The van der Waals surface area contributed by atoms with Crippen LogP contribution in [0.3, 0.4) is 0 Å². The average Bonchev–Trinajstić information content (AvgIpc) is 3.10. The van der Waals surface area contributed by atoms with Gasteiger partial charge >= 0.3 is 12.1 Å². The maximum absolute atomic E-state index is 13.5. The second kappa shape index (κ2) is 16.2. The number of nitrogens with one attached hydrogen (secondary N) is 1. The molecule has 9 nitrogen and oxygen atoms in total. The molecule has 244 valence electrons. The van der Waals surface area contributed by atoms with E-state index in [2.05, 4.69) is 22.4 Å². The number of nitrogens with two attached hydrogens (primary N) is 1. The number of benzene rings is 4. The first-order chi connectivity index (χ1) is 23.3. The highest BCUT2D eigenvalue weighted by molar-refractivity contribution is 5.92. The van der Waals surface area contributed by atoms with E-state index in [1.54, 1.807) is 48.5 Å². The minimum absolute atomic E-state index is 0.254. The number of likely N-dealkylation sites (tertiary alicyclic amines) is 1.